The first kappa shape index (κ1) is 47.6. The molecule has 386 valence electrons. The highest BCUT2D eigenvalue weighted by atomic mass is 16.3. The maximum absolute atomic E-state index is 12.3. The van der Waals surface area contributed by atoms with E-state index in [1.54, 1.807) is 0 Å². The van der Waals surface area contributed by atoms with Gasteiger partial charge in [-0.2, -0.15) is 5.26 Å². The van der Waals surface area contributed by atoms with Crippen LogP contribution in [0.15, 0.2) is 290 Å². The summed E-state index contributed by atoms with van der Waals surface area (Å²) in [5.74, 6) is 0.529. The maximum atomic E-state index is 12.3. The molecule has 0 unspecified atom stereocenters. The Labute approximate surface area is 478 Å². The molecule has 0 saturated heterocycles. The summed E-state index contributed by atoms with van der Waals surface area (Å²) in [4.78, 5) is 10.7. The van der Waals surface area contributed by atoms with E-state index in [1.165, 1.54) is 0 Å². The van der Waals surface area contributed by atoms with Crippen molar-refractivity contribution in [2.75, 3.05) is 0 Å². The minimum absolute atomic E-state index is 0.496. The molecule has 0 aliphatic carbocycles. The normalized spacial score (nSPS) is 11.6. The zero-order valence-electron chi connectivity index (χ0n) is 44.8. The molecular formula is C77H47N5O. The van der Waals surface area contributed by atoms with Crippen LogP contribution in [-0.2, 0) is 0 Å². The first-order valence-corrected chi connectivity index (χ1v) is 27.9. The van der Waals surface area contributed by atoms with Crippen LogP contribution in [0, 0.1) is 11.3 Å². The molecule has 83 heavy (non-hydrogen) atoms. The Hall–Kier alpha value is -11.4. The Bertz CT molecular complexity index is 4980. The third kappa shape index (κ3) is 7.94. The standard InChI is InChI=1S/C77H47N5O/c78-48-65-72(81-68-38-34-55(49-20-7-1-8-21-49)42-61(68)62-43-56(35-39-69(62)81)50-22-9-2-10-23-50)47-73-74(59-32-19-33-60(76(59)83-73)77-79-66(53-28-15-5-16-29-53)46-67(80-77)54-30-17-6-18-31-54)75(65)82-70-40-36-57(51-24-11-3-12-25-51)44-63(70)64-45-58(37-41-71(64)82)52-26-13-4-14-27-52/h1-47H. The third-order valence-corrected chi connectivity index (χ3v) is 16.4. The van der Waals surface area contributed by atoms with Crippen molar-refractivity contribution in [3.05, 3.63) is 291 Å². The average Bonchev–Trinajstić information content (AvgIpc) is 2.35. The number of nitriles is 1. The van der Waals surface area contributed by atoms with E-state index in [1.807, 2.05) is 42.5 Å². The number of nitrogens with zero attached hydrogens (tertiary/aromatic N) is 5. The molecule has 0 spiro atoms. The summed E-state index contributed by atoms with van der Waals surface area (Å²) in [6, 6.07) is 103. The smallest absolute Gasteiger partial charge is 0.164 e. The van der Waals surface area contributed by atoms with Crippen molar-refractivity contribution < 1.29 is 4.42 Å². The Kier molecular flexibility index (Phi) is 11.2. The molecule has 0 aliphatic heterocycles. The molecule has 12 aromatic carbocycles. The van der Waals surface area contributed by atoms with E-state index < -0.39 is 0 Å². The topological polar surface area (TPSA) is 72.6 Å². The minimum atomic E-state index is 0.496. The highest BCUT2D eigenvalue weighted by Gasteiger charge is 2.29. The molecule has 0 radical (unpaired) electrons. The molecule has 6 heteroatoms. The molecule has 0 saturated carbocycles. The summed E-state index contributed by atoms with van der Waals surface area (Å²) in [6.45, 7) is 0. The van der Waals surface area contributed by atoms with Crippen LogP contribution < -0.4 is 0 Å². The second-order valence-corrected chi connectivity index (χ2v) is 21.1. The molecule has 0 aliphatic rings. The van der Waals surface area contributed by atoms with Crippen molar-refractivity contribution in [3.63, 3.8) is 0 Å². The monoisotopic (exact) mass is 1060 g/mol. The molecule has 0 fully saturated rings. The zero-order valence-corrected chi connectivity index (χ0v) is 44.8. The van der Waals surface area contributed by atoms with Gasteiger partial charge >= 0.3 is 0 Å². The van der Waals surface area contributed by atoms with Gasteiger partial charge in [0.15, 0.2) is 5.82 Å². The first-order chi connectivity index (χ1) is 41.1. The van der Waals surface area contributed by atoms with Gasteiger partial charge in [-0.25, -0.2) is 9.97 Å². The van der Waals surface area contributed by atoms with Gasteiger partial charge in [-0.15, -0.1) is 0 Å². The summed E-state index contributed by atoms with van der Waals surface area (Å²) in [5.41, 5.74) is 20.2. The van der Waals surface area contributed by atoms with Crippen molar-refractivity contribution in [1.29, 1.82) is 5.26 Å². The van der Waals surface area contributed by atoms with Crippen LogP contribution in [-0.4, -0.2) is 19.1 Å². The maximum Gasteiger partial charge on any atom is 0.164 e. The quantitative estimate of drug-likeness (QED) is 0.144. The van der Waals surface area contributed by atoms with E-state index in [9.17, 15) is 5.26 Å². The fraction of sp³-hybridized carbons (Fsp3) is 0. The molecule has 16 aromatic rings. The fourth-order valence-electron chi connectivity index (χ4n) is 12.5. The summed E-state index contributed by atoms with van der Waals surface area (Å²) in [5, 5.41) is 18.2. The van der Waals surface area contributed by atoms with Crippen molar-refractivity contribution in [2.24, 2.45) is 0 Å². The van der Waals surface area contributed by atoms with Crippen molar-refractivity contribution in [3.8, 4) is 95.9 Å². The highest BCUT2D eigenvalue weighted by molar-refractivity contribution is 6.19. The lowest BCUT2D eigenvalue weighted by atomic mass is 10.0. The van der Waals surface area contributed by atoms with Gasteiger partial charge in [-0.1, -0.05) is 218 Å². The Morgan fingerprint density at radius 2 is 0.699 bits per heavy atom. The number of rotatable bonds is 9. The van der Waals surface area contributed by atoms with Gasteiger partial charge < -0.3 is 13.6 Å². The number of aromatic nitrogens is 4. The third-order valence-electron chi connectivity index (χ3n) is 16.4. The molecule has 0 amide bonds. The number of furan rings is 1. The average molecular weight is 1060 g/mol. The molecule has 0 N–H and O–H groups in total. The van der Waals surface area contributed by atoms with Gasteiger partial charge in [0.05, 0.1) is 55.8 Å². The van der Waals surface area contributed by atoms with E-state index in [4.69, 9.17) is 14.4 Å². The molecular weight excluding hydrogens is 1010 g/mol. The molecule has 0 bridgehead atoms. The Morgan fingerprint density at radius 1 is 0.325 bits per heavy atom. The van der Waals surface area contributed by atoms with Gasteiger partial charge in [0.1, 0.15) is 22.8 Å². The largest absolute Gasteiger partial charge is 0.455 e. The van der Waals surface area contributed by atoms with Gasteiger partial charge in [0.2, 0.25) is 0 Å². The van der Waals surface area contributed by atoms with Crippen molar-refractivity contribution in [2.45, 2.75) is 0 Å². The highest BCUT2D eigenvalue weighted by Crippen LogP contribution is 2.47. The molecule has 6 nitrogen and oxygen atoms in total. The fourth-order valence-corrected chi connectivity index (χ4v) is 12.5. The van der Waals surface area contributed by atoms with E-state index in [2.05, 4.69) is 258 Å². The number of fused-ring (bicyclic) bond motifs is 9. The minimum Gasteiger partial charge on any atom is -0.455 e. The van der Waals surface area contributed by atoms with Crippen molar-refractivity contribution >= 4 is 65.6 Å². The predicted octanol–water partition coefficient (Wildman–Crippen LogP) is 20.1. The molecule has 16 rings (SSSR count). The second kappa shape index (κ2) is 19.5. The SMILES string of the molecule is N#Cc1c(-n2c3ccc(-c4ccccc4)cc3c3cc(-c4ccccc4)ccc32)cc2oc3c(-c4nc(-c5ccccc5)cc(-c5ccccc5)n4)cccc3c2c1-n1c2ccc(-c3ccccc3)cc2c2cc(-c3ccccc3)ccc21. The number of benzene rings is 12. The number of hydrogen-bond donors (Lipinski definition) is 0. The molecule has 4 heterocycles. The van der Waals surface area contributed by atoms with Gasteiger partial charge in [0, 0.05) is 44.1 Å². The van der Waals surface area contributed by atoms with E-state index in [-0.39, 0.29) is 0 Å². The lowest BCUT2D eigenvalue weighted by Crippen LogP contribution is -2.05. The van der Waals surface area contributed by atoms with Gasteiger partial charge in [0.25, 0.3) is 0 Å². The summed E-state index contributed by atoms with van der Waals surface area (Å²) in [6.07, 6.45) is 0. The summed E-state index contributed by atoms with van der Waals surface area (Å²) < 4.78 is 12.0. The Balaban J connectivity index is 1.04. The van der Waals surface area contributed by atoms with E-state index in [0.717, 1.165) is 133 Å². The van der Waals surface area contributed by atoms with Crippen LogP contribution in [0.3, 0.4) is 0 Å². The summed E-state index contributed by atoms with van der Waals surface area (Å²) in [7, 11) is 0. The summed E-state index contributed by atoms with van der Waals surface area (Å²) >= 11 is 0. The lowest BCUT2D eigenvalue weighted by Gasteiger charge is -2.17. The lowest BCUT2D eigenvalue weighted by molar-refractivity contribution is 0.669. The van der Waals surface area contributed by atoms with Crippen LogP contribution in [0.1, 0.15) is 5.56 Å². The van der Waals surface area contributed by atoms with E-state index in [0.29, 0.717) is 28.2 Å². The van der Waals surface area contributed by atoms with Crippen molar-refractivity contribution in [1.82, 2.24) is 19.1 Å². The molecule has 4 aromatic heterocycles. The van der Waals surface area contributed by atoms with Crippen LogP contribution in [0.5, 0.6) is 0 Å². The number of hydrogen-bond acceptors (Lipinski definition) is 4. The van der Waals surface area contributed by atoms with E-state index >= 15 is 0 Å². The predicted molar refractivity (Wildman–Crippen MR) is 341 cm³/mol. The first-order valence-electron chi connectivity index (χ1n) is 27.9. The molecule has 0 atom stereocenters. The van der Waals surface area contributed by atoms with Crippen LogP contribution >= 0.6 is 0 Å². The van der Waals surface area contributed by atoms with Crippen LogP contribution in [0.2, 0.25) is 0 Å². The van der Waals surface area contributed by atoms with Crippen LogP contribution in [0.25, 0.3) is 155 Å². The second-order valence-electron chi connectivity index (χ2n) is 21.1. The van der Waals surface area contributed by atoms with Gasteiger partial charge in [-0.3, -0.25) is 0 Å². The van der Waals surface area contributed by atoms with Crippen LogP contribution in [0.4, 0.5) is 0 Å². The Morgan fingerprint density at radius 3 is 1.08 bits per heavy atom. The van der Waals surface area contributed by atoms with Gasteiger partial charge in [-0.05, 0) is 105 Å². The number of para-hydroxylation sites is 1. The zero-order chi connectivity index (χ0) is 55.0.